The Kier molecular flexibility index (Phi) is 7.37. The van der Waals surface area contributed by atoms with E-state index < -0.39 is 17.8 Å². The zero-order chi connectivity index (χ0) is 22.1. The van der Waals surface area contributed by atoms with Crippen LogP contribution in [-0.4, -0.2) is 33.1 Å². The maximum absolute atomic E-state index is 10.0. The summed E-state index contributed by atoms with van der Waals surface area (Å²) in [4.78, 5) is 0. The van der Waals surface area contributed by atoms with Crippen molar-refractivity contribution < 1.29 is 15.3 Å². The molecule has 170 valence electrons. The summed E-state index contributed by atoms with van der Waals surface area (Å²) in [6.07, 6.45) is 13.7. The highest BCUT2D eigenvalue weighted by Gasteiger charge is 2.50. The third-order valence-electron chi connectivity index (χ3n) is 8.45. The van der Waals surface area contributed by atoms with Gasteiger partial charge in [0.2, 0.25) is 0 Å². The highest BCUT2D eigenvalue weighted by Crippen LogP contribution is 2.60. The lowest BCUT2D eigenvalue weighted by Gasteiger charge is -2.44. The Labute approximate surface area is 184 Å². The first-order valence-corrected chi connectivity index (χ1v) is 12.2. The van der Waals surface area contributed by atoms with Gasteiger partial charge in [-0.1, -0.05) is 51.0 Å². The van der Waals surface area contributed by atoms with Crippen LogP contribution in [0.2, 0.25) is 0 Å². The molecule has 0 aromatic heterocycles. The molecule has 3 heteroatoms. The Balaban J connectivity index is 1.69. The molecule has 3 saturated carbocycles. The van der Waals surface area contributed by atoms with E-state index in [0.717, 1.165) is 29.9 Å². The molecule has 1 unspecified atom stereocenters. The molecule has 3 aliphatic rings. The van der Waals surface area contributed by atoms with E-state index in [4.69, 9.17) is 0 Å². The summed E-state index contributed by atoms with van der Waals surface area (Å²) < 4.78 is 0. The van der Waals surface area contributed by atoms with E-state index in [1.165, 1.54) is 38.5 Å². The average molecular weight is 417 g/mol. The molecule has 0 aromatic rings. The van der Waals surface area contributed by atoms with Crippen LogP contribution in [-0.2, 0) is 0 Å². The van der Waals surface area contributed by atoms with Crippen molar-refractivity contribution in [3.8, 4) is 0 Å². The van der Waals surface area contributed by atoms with Crippen molar-refractivity contribution in [1.29, 1.82) is 0 Å². The van der Waals surface area contributed by atoms with Crippen LogP contribution < -0.4 is 0 Å². The first kappa shape index (κ1) is 23.8. The summed E-state index contributed by atoms with van der Waals surface area (Å²) in [6.45, 7) is 12.9. The second-order valence-corrected chi connectivity index (χ2v) is 11.4. The van der Waals surface area contributed by atoms with Gasteiger partial charge in [-0.2, -0.15) is 0 Å². The first-order valence-electron chi connectivity index (χ1n) is 12.2. The SMILES string of the molecule is C=C1C[C@@H](O)[C@H](O)CC1=CC=C1CCC[C@@]2(C)C1CC[C@@H]2[C@H](C)CCCC(C)(C)O. The fourth-order valence-corrected chi connectivity index (χ4v) is 6.69. The van der Waals surface area contributed by atoms with E-state index in [0.29, 0.717) is 30.1 Å². The van der Waals surface area contributed by atoms with E-state index in [1.54, 1.807) is 5.57 Å². The molecule has 0 bridgehead atoms. The Morgan fingerprint density at radius 1 is 1.17 bits per heavy atom. The molecule has 0 radical (unpaired) electrons. The van der Waals surface area contributed by atoms with Crippen LogP contribution in [0.3, 0.4) is 0 Å². The monoisotopic (exact) mass is 416 g/mol. The summed E-state index contributed by atoms with van der Waals surface area (Å²) in [5.74, 6) is 2.13. The highest BCUT2D eigenvalue weighted by molar-refractivity contribution is 5.37. The third-order valence-corrected chi connectivity index (χ3v) is 8.45. The molecular formula is C27H44O3. The van der Waals surface area contributed by atoms with Gasteiger partial charge >= 0.3 is 0 Å². The zero-order valence-electron chi connectivity index (χ0n) is 19.7. The van der Waals surface area contributed by atoms with E-state index in [1.807, 2.05) is 13.8 Å². The minimum atomic E-state index is -0.672. The smallest absolute Gasteiger partial charge is 0.0842 e. The molecule has 3 nitrogen and oxygen atoms in total. The van der Waals surface area contributed by atoms with Gasteiger partial charge in [-0.25, -0.2) is 0 Å². The van der Waals surface area contributed by atoms with Crippen LogP contribution >= 0.6 is 0 Å². The van der Waals surface area contributed by atoms with Gasteiger partial charge in [-0.05, 0) is 86.7 Å². The predicted molar refractivity (Wildman–Crippen MR) is 124 cm³/mol. The average Bonchev–Trinajstić information content (AvgIpc) is 3.00. The van der Waals surface area contributed by atoms with Gasteiger partial charge in [-0.15, -0.1) is 0 Å². The van der Waals surface area contributed by atoms with Crippen LogP contribution in [0, 0.1) is 23.2 Å². The van der Waals surface area contributed by atoms with Gasteiger partial charge < -0.3 is 15.3 Å². The topological polar surface area (TPSA) is 60.7 Å². The van der Waals surface area contributed by atoms with E-state index in [2.05, 4.69) is 32.6 Å². The molecular weight excluding hydrogens is 372 g/mol. The number of aliphatic hydroxyl groups excluding tert-OH is 2. The van der Waals surface area contributed by atoms with Crippen molar-refractivity contribution >= 4 is 0 Å². The number of allylic oxidation sites excluding steroid dienone is 3. The van der Waals surface area contributed by atoms with Gasteiger partial charge in [0.25, 0.3) is 0 Å². The number of aliphatic hydroxyl groups is 3. The Morgan fingerprint density at radius 3 is 2.57 bits per heavy atom. The lowest BCUT2D eigenvalue weighted by atomic mass is 9.60. The Bertz CT molecular complexity index is 683. The van der Waals surface area contributed by atoms with Crippen molar-refractivity contribution in [3.63, 3.8) is 0 Å². The molecule has 6 atom stereocenters. The first-order chi connectivity index (χ1) is 14.0. The summed E-state index contributed by atoms with van der Waals surface area (Å²) in [5, 5.41) is 29.9. The maximum Gasteiger partial charge on any atom is 0.0842 e. The number of hydrogen-bond donors (Lipinski definition) is 3. The number of fused-ring (bicyclic) bond motifs is 1. The molecule has 0 aromatic carbocycles. The van der Waals surface area contributed by atoms with Crippen molar-refractivity contribution in [2.24, 2.45) is 23.2 Å². The largest absolute Gasteiger partial charge is 0.390 e. The second kappa shape index (κ2) is 9.30. The minimum Gasteiger partial charge on any atom is -0.390 e. The van der Waals surface area contributed by atoms with Crippen LogP contribution in [0.25, 0.3) is 0 Å². The normalized spacial score (nSPS) is 38.8. The number of hydrogen-bond acceptors (Lipinski definition) is 3. The van der Waals surface area contributed by atoms with Crippen molar-refractivity contribution in [3.05, 3.63) is 35.5 Å². The number of rotatable bonds is 6. The van der Waals surface area contributed by atoms with Crippen LogP contribution in [0.5, 0.6) is 0 Å². The Morgan fingerprint density at radius 2 is 1.87 bits per heavy atom. The summed E-state index contributed by atoms with van der Waals surface area (Å²) >= 11 is 0. The Hall–Kier alpha value is -0.900. The van der Waals surface area contributed by atoms with Crippen LogP contribution in [0.15, 0.2) is 35.5 Å². The molecule has 0 spiro atoms. The zero-order valence-corrected chi connectivity index (χ0v) is 19.7. The van der Waals surface area contributed by atoms with Gasteiger partial charge in [-0.3, -0.25) is 0 Å². The van der Waals surface area contributed by atoms with E-state index in [9.17, 15) is 15.3 Å². The molecule has 3 aliphatic carbocycles. The van der Waals surface area contributed by atoms with Gasteiger partial charge in [0, 0.05) is 12.8 Å². The molecule has 3 N–H and O–H groups in total. The molecule has 0 heterocycles. The van der Waals surface area contributed by atoms with E-state index in [-0.39, 0.29) is 0 Å². The third kappa shape index (κ3) is 5.29. The minimum absolute atomic E-state index is 0.385. The molecule has 3 rings (SSSR count). The fourth-order valence-electron chi connectivity index (χ4n) is 6.69. The molecule has 0 saturated heterocycles. The van der Waals surface area contributed by atoms with Crippen molar-refractivity contribution in [2.75, 3.05) is 0 Å². The highest BCUT2D eigenvalue weighted by atomic mass is 16.3. The van der Waals surface area contributed by atoms with E-state index >= 15 is 0 Å². The summed E-state index contributed by atoms with van der Waals surface area (Å²) in [5.41, 5.74) is 3.48. The van der Waals surface area contributed by atoms with Gasteiger partial charge in [0.1, 0.15) is 0 Å². The second-order valence-electron chi connectivity index (χ2n) is 11.4. The standard InChI is InChI=1S/C27H44O3/c1-18(8-6-14-26(3,4)30)22-12-13-23-20(9-7-15-27(22,23)5)10-11-21-17-25(29)24(28)16-19(21)2/h10-11,18,22-25,28-30H,2,6-9,12-17H2,1,3-5H3/t18-,22-,23?,24-,25-,27-/m1/s1. The van der Waals surface area contributed by atoms with Crippen LogP contribution in [0.1, 0.15) is 91.9 Å². The molecule has 0 aliphatic heterocycles. The van der Waals surface area contributed by atoms with Gasteiger partial charge in [0.05, 0.1) is 17.8 Å². The van der Waals surface area contributed by atoms with Crippen molar-refractivity contribution in [2.45, 2.75) is 110 Å². The lowest BCUT2D eigenvalue weighted by Crippen LogP contribution is -2.36. The molecule has 3 fully saturated rings. The van der Waals surface area contributed by atoms with Gasteiger partial charge in [0.15, 0.2) is 0 Å². The molecule has 0 amide bonds. The molecule has 30 heavy (non-hydrogen) atoms. The summed E-state index contributed by atoms with van der Waals surface area (Å²) in [6, 6.07) is 0. The van der Waals surface area contributed by atoms with Crippen LogP contribution in [0.4, 0.5) is 0 Å². The predicted octanol–water partition coefficient (Wildman–Crippen LogP) is 5.70. The quantitative estimate of drug-likeness (QED) is 0.520. The maximum atomic E-state index is 10.0. The lowest BCUT2D eigenvalue weighted by molar-refractivity contribution is 0.0138. The fraction of sp³-hybridized carbons (Fsp3) is 0.778. The summed E-state index contributed by atoms with van der Waals surface area (Å²) in [7, 11) is 0. The van der Waals surface area contributed by atoms with Crippen molar-refractivity contribution in [1.82, 2.24) is 0 Å².